The number of rotatable bonds is 5. The lowest BCUT2D eigenvalue weighted by Gasteiger charge is -2.15. The Morgan fingerprint density at radius 2 is 2.06 bits per heavy atom. The fraction of sp³-hybridized carbons (Fsp3) is 0.500. The van der Waals surface area contributed by atoms with Crippen LogP contribution in [0.3, 0.4) is 0 Å². The van der Waals surface area contributed by atoms with Crippen LogP contribution in [-0.2, 0) is 6.42 Å². The van der Waals surface area contributed by atoms with Gasteiger partial charge in [0.2, 0.25) is 0 Å². The summed E-state index contributed by atoms with van der Waals surface area (Å²) in [6, 6.07) is 6.10. The zero-order valence-electron chi connectivity index (χ0n) is 9.05. The van der Waals surface area contributed by atoms with Gasteiger partial charge < -0.3 is 0 Å². The zero-order valence-corrected chi connectivity index (χ0v) is 10.6. The van der Waals surface area contributed by atoms with Crippen molar-refractivity contribution in [3.05, 3.63) is 33.8 Å². The van der Waals surface area contributed by atoms with E-state index < -0.39 is 0 Å². The van der Waals surface area contributed by atoms with Gasteiger partial charge >= 0.3 is 0 Å². The largest absolute Gasteiger partial charge is 0.271 e. The molecule has 2 nitrogen and oxygen atoms in total. The van der Waals surface area contributed by atoms with Crippen LogP contribution in [0.5, 0.6) is 0 Å². The molecule has 0 saturated heterocycles. The van der Waals surface area contributed by atoms with E-state index in [4.69, 9.17) is 29.0 Å². The quantitative estimate of drug-likeness (QED) is 0.629. The number of nitrogens with two attached hydrogens (primary N) is 1. The molecule has 0 radical (unpaired) electrons. The number of hydrogen-bond acceptors (Lipinski definition) is 2. The average molecular weight is 259 g/mol. The second-order valence-electron chi connectivity index (χ2n) is 4.50. The van der Waals surface area contributed by atoms with Crippen LogP contribution in [0.1, 0.15) is 24.8 Å². The molecule has 88 valence electrons. The lowest BCUT2D eigenvalue weighted by molar-refractivity contribution is 0.466. The van der Waals surface area contributed by atoms with Crippen LogP contribution in [0.2, 0.25) is 10.0 Å². The topological polar surface area (TPSA) is 38.0 Å². The summed E-state index contributed by atoms with van der Waals surface area (Å²) in [5.41, 5.74) is 4.06. The molecule has 1 aliphatic rings. The number of hydrazine groups is 1. The number of benzene rings is 1. The van der Waals surface area contributed by atoms with Crippen LogP contribution in [0.25, 0.3) is 0 Å². The van der Waals surface area contributed by atoms with Gasteiger partial charge in [-0.15, -0.1) is 0 Å². The van der Waals surface area contributed by atoms with Gasteiger partial charge in [0.05, 0.1) is 10.0 Å². The molecule has 1 atom stereocenters. The first-order valence-corrected chi connectivity index (χ1v) is 6.34. The Labute approximate surface area is 106 Å². The van der Waals surface area contributed by atoms with Crippen molar-refractivity contribution in [2.45, 2.75) is 31.7 Å². The molecule has 3 N–H and O–H groups in total. The highest BCUT2D eigenvalue weighted by Gasteiger charge is 2.25. The number of hydrogen-bond donors (Lipinski definition) is 2. The second kappa shape index (κ2) is 5.37. The predicted molar refractivity (Wildman–Crippen MR) is 68.6 cm³/mol. The Balaban J connectivity index is 1.97. The van der Waals surface area contributed by atoms with Gasteiger partial charge in [0.25, 0.3) is 0 Å². The Morgan fingerprint density at radius 1 is 1.31 bits per heavy atom. The Bertz CT molecular complexity index is 364. The molecule has 1 aromatic carbocycles. The van der Waals surface area contributed by atoms with Crippen LogP contribution in [0, 0.1) is 5.92 Å². The molecule has 1 fully saturated rings. The summed E-state index contributed by atoms with van der Waals surface area (Å²) >= 11 is 11.8. The summed E-state index contributed by atoms with van der Waals surface area (Å²) in [5, 5.41) is 1.21. The molecule has 2 rings (SSSR count). The van der Waals surface area contributed by atoms with E-state index >= 15 is 0 Å². The van der Waals surface area contributed by atoms with Gasteiger partial charge in [0, 0.05) is 6.04 Å². The molecular weight excluding hydrogens is 243 g/mol. The monoisotopic (exact) mass is 258 g/mol. The highest BCUT2D eigenvalue weighted by atomic mass is 35.5. The lowest BCUT2D eigenvalue weighted by atomic mass is 10.0. The smallest absolute Gasteiger partial charge is 0.0595 e. The predicted octanol–water partition coefficient (Wildman–Crippen LogP) is 3.17. The van der Waals surface area contributed by atoms with Crippen molar-refractivity contribution in [2.75, 3.05) is 0 Å². The van der Waals surface area contributed by atoms with Crippen molar-refractivity contribution >= 4 is 23.2 Å². The zero-order chi connectivity index (χ0) is 11.5. The molecule has 0 bridgehead atoms. The van der Waals surface area contributed by atoms with Gasteiger partial charge in [0.15, 0.2) is 0 Å². The normalized spacial score (nSPS) is 17.4. The molecule has 0 spiro atoms. The van der Waals surface area contributed by atoms with Gasteiger partial charge in [-0.05, 0) is 36.5 Å². The molecule has 1 aliphatic carbocycles. The van der Waals surface area contributed by atoms with E-state index in [0.29, 0.717) is 16.1 Å². The van der Waals surface area contributed by atoms with E-state index in [1.165, 1.54) is 18.4 Å². The van der Waals surface area contributed by atoms with Gasteiger partial charge in [-0.25, -0.2) is 0 Å². The Kier molecular flexibility index (Phi) is 4.09. The van der Waals surface area contributed by atoms with Gasteiger partial charge in [-0.3, -0.25) is 11.3 Å². The third-order valence-corrected chi connectivity index (χ3v) is 3.76. The third kappa shape index (κ3) is 3.36. The molecular formula is C12H16Cl2N2. The molecule has 4 heteroatoms. The summed E-state index contributed by atoms with van der Waals surface area (Å²) in [5.74, 6) is 6.42. The first-order valence-electron chi connectivity index (χ1n) is 5.59. The fourth-order valence-electron chi connectivity index (χ4n) is 1.92. The molecule has 0 amide bonds. The summed E-state index contributed by atoms with van der Waals surface area (Å²) < 4.78 is 0. The molecule has 1 aromatic rings. The van der Waals surface area contributed by atoms with Crippen LogP contribution < -0.4 is 11.3 Å². The van der Waals surface area contributed by atoms with Crippen molar-refractivity contribution in [1.82, 2.24) is 5.43 Å². The fourth-order valence-corrected chi connectivity index (χ4v) is 2.24. The molecule has 0 aliphatic heterocycles. The maximum Gasteiger partial charge on any atom is 0.0595 e. The Morgan fingerprint density at radius 3 is 2.62 bits per heavy atom. The second-order valence-corrected chi connectivity index (χ2v) is 5.31. The van der Waals surface area contributed by atoms with Gasteiger partial charge in [-0.2, -0.15) is 0 Å². The van der Waals surface area contributed by atoms with Crippen LogP contribution in [0.4, 0.5) is 0 Å². The lowest BCUT2D eigenvalue weighted by Crippen LogP contribution is -2.37. The van der Waals surface area contributed by atoms with Crippen molar-refractivity contribution < 1.29 is 0 Å². The van der Waals surface area contributed by atoms with Crippen molar-refractivity contribution in [3.8, 4) is 0 Å². The summed E-state index contributed by atoms with van der Waals surface area (Å²) in [7, 11) is 0. The summed E-state index contributed by atoms with van der Waals surface area (Å²) in [6.45, 7) is 0. The highest BCUT2D eigenvalue weighted by molar-refractivity contribution is 6.42. The van der Waals surface area contributed by atoms with Crippen LogP contribution >= 0.6 is 23.2 Å². The van der Waals surface area contributed by atoms with Gasteiger partial charge in [-0.1, -0.05) is 42.1 Å². The van der Waals surface area contributed by atoms with E-state index in [-0.39, 0.29) is 0 Å². The van der Waals surface area contributed by atoms with E-state index in [1.54, 1.807) is 0 Å². The minimum Gasteiger partial charge on any atom is -0.271 e. The first kappa shape index (κ1) is 12.2. The van der Waals surface area contributed by atoms with Crippen molar-refractivity contribution in [3.63, 3.8) is 0 Å². The van der Waals surface area contributed by atoms with E-state index in [1.807, 2.05) is 18.2 Å². The van der Waals surface area contributed by atoms with E-state index in [0.717, 1.165) is 18.8 Å². The minimum atomic E-state index is 0.338. The third-order valence-electron chi connectivity index (χ3n) is 3.02. The average Bonchev–Trinajstić information content (AvgIpc) is 3.06. The molecule has 0 heterocycles. The molecule has 16 heavy (non-hydrogen) atoms. The van der Waals surface area contributed by atoms with Crippen molar-refractivity contribution in [1.29, 1.82) is 0 Å². The summed E-state index contributed by atoms with van der Waals surface area (Å²) in [4.78, 5) is 0. The molecule has 1 saturated carbocycles. The van der Waals surface area contributed by atoms with E-state index in [2.05, 4.69) is 5.43 Å². The van der Waals surface area contributed by atoms with Gasteiger partial charge in [0.1, 0.15) is 0 Å². The maximum atomic E-state index is 5.97. The van der Waals surface area contributed by atoms with Crippen LogP contribution in [-0.4, -0.2) is 6.04 Å². The standard InChI is InChI=1S/C12H16Cl2N2/c13-11-4-3-9(7-12(11)14)6-10(16-15)5-8-1-2-8/h3-4,7-8,10,16H,1-2,5-6,15H2. The van der Waals surface area contributed by atoms with Crippen molar-refractivity contribution in [2.24, 2.45) is 11.8 Å². The number of halogens is 2. The molecule has 0 aromatic heterocycles. The first-order chi connectivity index (χ1) is 7.69. The highest BCUT2D eigenvalue weighted by Crippen LogP contribution is 2.34. The van der Waals surface area contributed by atoms with Crippen LogP contribution in [0.15, 0.2) is 18.2 Å². The number of nitrogens with one attached hydrogen (secondary N) is 1. The SMILES string of the molecule is NNC(Cc1ccc(Cl)c(Cl)c1)CC1CC1. The molecule has 1 unspecified atom stereocenters. The minimum absolute atomic E-state index is 0.338. The maximum absolute atomic E-state index is 5.97. The Hall–Kier alpha value is -0.280. The summed E-state index contributed by atoms with van der Waals surface area (Å²) in [6.07, 6.45) is 4.75. The van der Waals surface area contributed by atoms with E-state index in [9.17, 15) is 0 Å².